The molecule has 1 aromatic carbocycles. The molecule has 0 aliphatic carbocycles. The highest BCUT2D eigenvalue weighted by Gasteiger charge is 2.21. The lowest BCUT2D eigenvalue weighted by atomic mass is 10.2. The third-order valence-corrected chi connectivity index (χ3v) is 3.05. The molecule has 8 heteroatoms. The molecule has 0 amide bonds. The van der Waals surface area contributed by atoms with Gasteiger partial charge in [0.05, 0.1) is 4.92 Å². The lowest BCUT2D eigenvalue weighted by Gasteiger charge is -2.09. The van der Waals surface area contributed by atoms with E-state index in [9.17, 15) is 10.1 Å². The van der Waals surface area contributed by atoms with Gasteiger partial charge >= 0.3 is 5.69 Å². The van der Waals surface area contributed by atoms with E-state index in [1.807, 2.05) is 12.1 Å². The molecule has 2 rings (SSSR count). The second kappa shape index (κ2) is 6.36. The number of aryl methyl sites for hydroxylation is 1. The van der Waals surface area contributed by atoms with Gasteiger partial charge in [-0.25, -0.2) is 4.98 Å². The summed E-state index contributed by atoms with van der Waals surface area (Å²) < 4.78 is 0. The zero-order chi connectivity index (χ0) is 15.4. The highest BCUT2D eigenvalue weighted by atomic mass is 35.5. The number of benzene rings is 1. The fourth-order valence-electron chi connectivity index (χ4n) is 1.85. The van der Waals surface area contributed by atoms with Crippen molar-refractivity contribution in [2.45, 2.75) is 13.5 Å². The maximum Gasteiger partial charge on any atom is 0.332 e. The summed E-state index contributed by atoms with van der Waals surface area (Å²) >= 11 is 5.91. The van der Waals surface area contributed by atoms with Crippen LogP contribution in [0.2, 0.25) is 5.02 Å². The summed E-state index contributed by atoms with van der Waals surface area (Å²) in [7, 11) is 1.65. The van der Waals surface area contributed by atoms with Gasteiger partial charge in [0, 0.05) is 18.6 Å². The number of hydrogen-bond acceptors (Lipinski definition) is 6. The normalized spacial score (nSPS) is 10.2. The fourth-order valence-corrected chi connectivity index (χ4v) is 2.07. The summed E-state index contributed by atoms with van der Waals surface area (Å²) in [6.07, 6.45) is 0. The molecule has 110 valence electrons. The van der Waals surface area contributed by atoms with E-state index in [-0.39, 0.29) is 11.5 Å². The lowest BCUT2D eigenvalue weighted by molar-refractivity contribution is -0.385. The third kappa shape index (κ3) is 3.57. The predicted molar refractivity (Wildman–Crippen MR) is 81.7 cm³/mol. The van der Waals surface area contributed by atoms with Gasteiger partial charge in [-0.1, -0.05) is 23.7 Å². The molecule has 7 nitrogen and oxygen atoms in total. The number of rotatable bonds is 5. The van der Waals surface area contributed by atoms with Crippen LogP contribution in [0.1, 0.15) is 11.3 Å². The molecule has 0 unspecified atom stereocenters. The molecule has 0 fully saturated rings. The number of halogens is 1. The standard InChI is InChI=1S/C13H14ClN5O2/c1-8-11(19(20)21)12(18-13(15-2)17-8)16-7-9-4-3-5-10(14)6-9/h3-6H,7H2,1-2H3,(H2,15,16,17,18). The quantitative estimate of drug-likeness (QED) is 0.651. The van der Waals surface area contributed by atoms with Crippen molar-refractivity contribution in [1.29, 1.82) is 0 Å². The SMILES string of the molecule is CNc1nc(C)c([N+](=O)[O-])c(NCc2cccc(Cl)c2)n1. The van der Waals surface area contributed by atoms with E-state index in [4.69, 9.17) is 11.6 Å². The second-order valence-electron chi connectivity index (χ2n) is 4.32. The van der Waals surface area contributed by atoms with Gasteiger partial charge in [0.2, 0.25) is 11.8 Å². The summed E-state index contributed by atoms with van der Waals surface area (Å²) in [5.74, 6) is 0.503. The van der Waals surface area contributed by atoms with Crippen molar-refractivity contribution >= 4 is 29.1 Å². The first-order valence-electron chi connectivity index (χ1n) is 6.20. The number of nitro groups is 1. The molecule has 0 bridgehead atoms. The van der Waals surface area contributed by atoms with E-state index in [1.54, 1.807) is 26.1 Å². The van der Waals surface area contributed by atoms with Crippen LogP contribution in [0, 0.1) is 17.0 Å². The summed E-state index contributed by atoms with van der Waals surface area (Å²) in [6.45, 7) is 1.95. The molecule has 0 saturated heterocycles. The monoisotopic (exact) mass is 307 g/mol. The molecule has 1 heterocycles. The molecule has 0 atom stereocenters. The highest BCUT2D eigenvalue weighted by Crippen LogP contribution is 2.27. The minimum atomic E-state index is -0.491. The van der Waals surface area contributed by atoms with Gasteiger partial charge in [-0.15, -0.1) is 0 Å². The molecule has 2 aromatic rings. The van der Waals surface area contributed by atoms with E-state index < -0.39 is 4.92 Å². The third-order valence-electron chi connectivity index (χ3n) is 2.81. The Bertz CT molecular complexity index is 678. The zero-order valence-corrected chi connectivity index (χ0v) is 12.3. The Balaban J connectivity index is 2.29. The van der Waals surface area contributed by atoms with Crippen molar-refractivity contribution in [3.63, 3.8) is 0 Å². The van der Waals surface area contributed by atoms with E-state index in [1.165, 1.54) is 0 Å². The van der Waals surface area contributed by atoms with Crippen LogP contribution in [0.15, 0.2) is 24.3 Å². The van der Waals surface area contributed by atoms with Gasteiger partial charge in [0.15, 0.2) is 0 Å². The van der Waals surface area contributed by atoms with Crippen molar-refractivity contribution in [3.05, 3.63) is 50.7 Å². The Hall–Kier alpha value is -2.41. The van der Waals surface area contributed by atoms with Gasteiger partial charge in [-0.2, -0.15) is 4.98 Å². The van der Waals surface area contributed by atoms with E-state index in [2.05, 4.69) is 20.6 Å². The number of nitrogens with zero attached hydrogens (tertiary/aromatic N) is 3. The number of nitrogens with one attached hydrogen (secondary N) is 2. The maximum absolute atomic E-state index is 11.2. The first-order chi connectivity index (χ1) is 10.0. The van der Waals surface area contributed by atoms with Crippen LogP contribution in [0.3, 0.4) is 0 Å². The van der Waals surface area contributed by atoms with Crippen molar-refractivity contribution in [3.8, 4) is 0 Å². The van der Waals surface area contributed by atoms with Gasteiger partial charge < -0.3 is 10.6 Å². The van der Waals surface area contributed by atoms with Crippen molar-refractivity contribution < 1.29 is 4.92 Å². The Kier molecular flexibility index (Phi) is 4.54. The van der Waals surface area contributed by atoms with Gasteiger partial charge in [-0.05, 0) is 24.6 Å². The van der Waals surface area contributed by atoms with Gasteiger partial charge in [-0.3, -0.25) is 10.1 Å². The number of anilines is 2. The first-order valence-corrected chi connectivity index (χ1v) is 6.58. The highest BCUT2D eigenvalue weighted by molar-refractivity contribution is 6.30. The number of hydrogen-bond donors (Lipinski definition) is 2. The Morgan fingerprint density at radius 1 is 1.38 bits per heavy atom. The van der Waals surface area contributed by atoms with Crippen LogP contribution in [0.5, 0.6) is 0 Å². The molecule has 0 aliphatic heterocycles. The second-order valence-corrected chi connectivity index (χ2v) is 4.76. The van der Waals surface area contributed by atoms with E-state index in [0.29, 0.717) is 23.2 Å². The predicted octanol–water partition coefficient (Wildman–Crippen LogP) is 3.00. The molecule has 0 aliphatic rings. The van der Waals surface area contributed by atoms with Crippen LogP contribution in [-0.2, 0) is 6.54 Å². The maximum atomic E-state index is 11.2. The topological polar surface area (TPSA) is 93.0 Å². The molecule has 1 aromatic heterocycles. The minimum Gasteiger partial charge on any atom is -0.360 e. The Morgan fingerprint density at radius 2 is 2.14 bits per heavy atom. The van der Waals surface area contributed by atoms with E-state index in [0.717, 1.165) is 5.56 Å². The molecular weight excluding hydrogens is 294 g/mol. The smallest absolute Gasteiger partial charge is 0.332 e. The molecule has 0 spiro atoms. The molecule has 0 saturated carbocycles. The van der Waals surface area contributed by atoms with Crippen LogP contribution >= 0.6 is 11.6 Å². The van der Waals surface area contributed by atoms with Crippen LogP contribution in [0.4, 0.5) is 17.5 Å². The van der Waals surface area contributed by atoms with Crippen LogP contribution in [-0.4, -0.2) is 21.9 Å². The molecular formula is C13H14ClN5O2. The molecule has 2 N–H and O–H groups in total. The van der Waals surface area contributed by atoms with Gasteiger partial charge in [0.1, 0.15) is 5.69 Å². The lowest BCUT2D eigenvalue weighted by Crippen LogP contribution is -2.09. The van der Waals surface area contributed by atoms with Crippen molar-refractivity contribution in [1.82, 2.24) is 9.97 Å². The fraction of sp³-hybridized carbons (Fsp3) is 0.231. The number of aromatic nitrogens is 2. The minimum absolute atomic E-state index is 0.129. The zero-order valence-electron chi connectivity index (χ0n) is 11.6. The van der Waals surface area contributed by atoms with Crippen LogP contribution < -0.4 is 10.6 Å². The average molecular weight is 308 g/mol. The Morgan fingerprint density at radius 3 is 2.76 bits per heavy atom. The largest absolute Gasteiger partial charge is 0.360 e. The van der Waals surface area contributed by atoms with Crippen LogP contribution in [0.25, 0.3) is 0 Å². The molecule has 0 radical (unpaired) electrons. The van der Waals surface area contributed by atoms with E-state index >= 15 is 0 Å². The summed E-state index contributed by atoms with van der Waals surface area (Å²) in [5.41, 5.74) is 1.07. The van der Waals surface area contributed by atoms with Crippen molar-refractivity contribution in [2.75, 3.05) is 17.7 Å². The summed E-state index contributed by atoms with van der Waals surface area (Å²) in [6, 6.07) is 7.24. The average Bonchev–Trinajstić information content (AvgIpc) is 2.44. The van der Waals surface area contributed by atoms with Gasteiger partial charge in [0.25, 0.3) is 0 Å². The molecule has 21 heavy (non-hydrogen) atoms. The summed E-state index contributed by atoms with van der Waals surface area (Å²) in [5, 5.41) is 17.5. The summed E-state index contributed by atoms with van der Waals surface area (Å²) in [4.78, 5) is 18.8. The first kappa shape index (κ1) is 15.0. The van der Waals surface area contributed by atoms with Crippen molar-refractivity contribution in [2.24, 2.45) is 0 Å². The Labute approximate surface area is 126 Å².